The Labute approximate surface area is 109 Å². The average Bonchev–Trinajstić information content (AvgIpc) is 2.90. The lowest BCUT2D eigenvalue weighted by Crippen LogP contribution is -2.25. The maximum absolute atomic E-state index is 6.25. The summed E-state index contributed by atoms with van der Waals surface area (Å²) in [5.41, 5.74) is 6.25. The first-order chi connectivity index (χ1) is 8.76. The van der Waals surface area contributed by atoms with Crippen LogP contribution in [-0.4, -0.2) is 23.2 Å². The van der Waals surface area contributed by atoms with Crippen molar-refractivity contribution in [3.8, 4) is 0 Å². The highest BCUT2D eigenvalue weighted by atomic mass is 16.5. The normalized spacial score (nSPS) is 18.8. The summed E-state index contributed by atoms with van der Waals surface area (Å²) in [4.78, 5) is 6.52. The highest BCUT2D eigenvalue weighted by Gasteiger charge is 2.26. The molecule has 1 saturated carbocycles. The second kappa shape index (κ2) is 6.18. The van der Waals surface area contributed by atoms with E-state index in [0.717, 1.165) is 13.1 Å². The molecule has 0 radical (unpaired) electrons. The van der Waals surface area contributed by atoms with Crippen LogP contribution in [0.1, 0.15) is 57.9 Å². The number of anilines is 1. The van der Waals surface area contributed by atoms with Gasteiger partial charge >= 0.3 is 0 Å². The highest BCUT2D eigenvalue weighted by molar-refractivity contribution is 5.27. The van der Waals surface area contributed by atoms with Crippen molar-refractivity contribution in [2.24, 2.45) is 11.7 Å². The Morgan fingerprint density at radius 1 is 1.28 bits per heavy atom. The lowest BCUT2D eigenvalue weighted by molar-refractivity contribution is 0.255. The number of nitrogens with zero attached hydrogens (tertiary/aromatic N) is 3. The number of nitrogens with two attached hydrogens (primary N) is 1. The van der Waals surface area contributed by atoms with Crippen molar-refractivity contribution < 1.29 is 4.52 Å². The zero-order valence-corrected chi connectivity index (χ0v) is 11.4. The van der Waals surface area contributed by atoms with Gasteiger partial charge in [-0.25, -0.2) is 0 Å². The van der Waals surface area contributed by atoms with E-state index in [0.29, 0.717) is 17.8 Å². The lowest BCUT2D eigenvalue weighted by atomic mass is 9.84. The Balaban J connectivity index is 2.04. The molecule has 0 saturated heterocycles. The van der Waals surface area contributed by atoms with Crippen molar-refractivity contribution in [3.05, 3.63) is 5.89 Å². The zero-order chi connectivity index (χ0) is 13.0. The Kier molecular flexibility index (Phi) is 4.58. The fourth-order valence-electron chi connectivity index (χ4n) is 2.69. The molecule has 1 fully saturated rings. The molecule has 2 rings (SSSR count). The Morgan fingerprint density at radius 3 is 2.56 bits per heavy atom. The number of aromatic nitrogens is 2. The van der Waals surface area contributed by atoms with Gasteiger partial charge in [0.15, 0.2) is 0 Å². The summed E-state index contributed by atoms with van der Waals surface area (Å²) < 4.78 is 5.34. The fraction of sp³-hybridized carbons (Fsp3) is 0.846. The SMILES string of the molecule is CCN(CC)c1noc(C(N)C2CCCCC2)n1. The Bertz CT molecular complexity index is 356. The van der Waals surface area contributed by atoms with Gasteiger partial charge in [-0.3, -0.25) is 0 Å². The lowest BCUT2D eigenvalue weighted by Gasteiger charge is -2.24. The van der Waals surface area contributed by atoms with E-state index in [2.05, 4.69) is 28.9 Å². The molecule has 2 N–H and O–H groups in total. The summed E-state index contributed by atoms with van der Waals surface area (Å²) in [5.74, 6) is 1.77. The van der Waals surface area contributed by atoms with Gasteiger partial charge in [0.05, 0.1) is 6.04 Å². The first-order valence-electron chi connectivity index (χ1n) is 7.10. The van der Waals surface area contributed by atoms with Crippen LogP contribution in [0.15, 0.2) is 4.52 Å². The van der Waals surface area contributed by atoms with Crippen LogP contribution < -0.4 is 10.6 Å². The van der Waals surface area contributed by atoms with Crippen molar-refractivity contribution >= 4 is 5.95 Å². The van der Waals surface area contributed by atoms with Gasteiger partial charge in [-0.15, -0.1) is 0 Å². The van der Waals surface area contributed by atoms with Crippen LogP contribution in [0, 0.1) is 5.92 Å². The van der Waals surface area contributed by atoms with E-state index in [9.17, 15) is 0 Å². The summed E-state index contributed by atoms with van der Waals surface area (Å²) in [7, 11) is 0. The molecule has 0 spiro atoms. The van der Waals surface area contributed by atoms with Crippen molar-refractivity contribution in [3.63, 3.8) is 0 Å². The molecule has 0 aliphatic heterocycles. The van der Waals surface area contributed by atoms with Gasteiger partial charge in [-0.05, 0) is 37.8 Å². The second-order valence-electron chi connectivity index (χ2n) is 5.03. The largest absolute Gasteiger partial charge is 0.339 e. The first-order valence-corrected chi connectivity index (χ1v) is 7.10. The number of hydrogen-bond acceptors (Lipinski definition) is 5. The molecule has 5 heteroatoms. The number of rotatable bonds is 5. The van der Waals surface area contributed by atoms with Gasteiger partial charge in [0.25, 0.3) is 5.95 Å². The molecule has 0 bridgehead atoms. The Hall–Kier alpha value is -1.10. The predicted octanol–water partition coefficient (Wildman–Crippen LogP) is 2.50. The van der Waals surface area contributed by atoms with Crippen LogP contribution in [0.2, 0.25) is 0 Å². The molecule has 18 heavy (non-hydrogen) atoms. The third-order valence-electron chi connectivity index (χ3n) is 3.92. The molecular formula is C13H24N4O. The molecule has 102 valence electrons. The van der Waals surface area contributed by atoms with Crippen LogP contribution in [-0.2, 0) is 0 Å². The smallest absolute Gasteiger partial charge is 0.266 e. The summed E-state index contributed by atoms with van der Waals surface area (Å²) in [6, 6.07) is -0.0953. The van der Waals surface area contributed by atoms with Gasteiger partial charge < -0.3 is 15.2 Å². The van der Waals surface area contributed by atoms with Gasteiger partial charge in [0.2, 0.25) is 5.89 Å². The van der Waals surface area contributed by atoms with Gasteiger partial charge in [-0.1, -0.05) is 19.3 Å². The third-order valence-corrected chi connectivity index (χ3v) is 3.92. The minimum absolute atomic E-state index is 0.0953. The van der Waals surface area contributed by atoms with E-state index in [1.165, 1.54) is 32.1 Å². The third kappa shape index (κ3) is 2.83. The predicted molar refractivity (Wildman–Crippen MR) is 71.4 cm³/mol. The zero-order valence-electron chi connectivity index (χ0n) is 11.4. The van der Waals surface area contributed by atoms with Crippen LogP contribution in [0.25, 0.3) is 0 Å². The minimum atomic E-state index is -0.0953. The summed E-state index contributed by atoms with van der Waals surface area (Å²) in [6.45, 7) is 5.93. The van der Waals surface area contributed by atoms with Crippen molar-refractivity contribution in [1.29, 1.82) is 0 Å². The van der Waals surface area contributed by atoms with E-state index in [-0.39, 0.29) is 6.04 Å². The van der Waals surface area contributed by atoms with Crippen LogP contribution in [0.4, 0.5) is 5.95 Å². The topological polar surface area (TPSA) is 68.2 Å². The Morgan fingerprint density at radius 2 is 1.94 bits per heavy atom. The second-order valence-corrected chi connectivity index (χ2v) is 5.03. The van der Waals surface area contributed by atoms with Gasteiger partial charge in [-0.2, -0.15) is 4.98 Å². The van der Waals surface area contributed by atoms with E-state index in [4.69, 9.17) is 10.3 Å². The quantitative estimate of drug-likeness (QED) is 0.872. The standard InChI is InChI=1S/C13H24N4O/c1-3-17(4-2)13-15-12(18-16-13)11(14)10-8-6-5-7-9-10/h10-11H,3-9,14H2,1-2H3. The first kappa shape index (κ1) is 13.3. The van der Waals surface area contributed by atoms with E-state index in [1.807, 2.05) is 0 Å². The highest BCUT2D eigenvalue weighted by Crippen LogP contribution is 2.32. The van der Waals surface area contributed by atoms with Gasteiger partial charge in [0.1, 0.15) is 0 Å². The van der Waals surface area contributed by atoms with Gasteiger partial charge in [0, 0.05) is 13.1 Å². The van der Waals surface area contributed by atoms with Crippen LogP contribution in [0.3, 0.4) is 0 Å². The maximum Gasteiger partial charge on any atom is 0.266 e. The summed E-state index contributed by atoms with van der Waals surface area (Å²) in [5, 5.41) is 4.03. The van der Waals surface area contributed by atoms with Crippen molar-refractivity contribution in [2.75, 3.05) is 18.0 Å². The monoisotopic (exact) mass is 252 g/mol. The molecule has 1 aromatic heterocycles. The molecule has 5 nitrogen and oxygen atoms in total. The summed E-state index contributed by atoms with van der Waals surface area (Å²) >= 11 is 0. The minimum Gasteiger partial charge on any atom is -0.339 e. The molecule has 1 heterocycles. The molecule has 1 aromatic rings. The molecule has 1 atom stereocenters. The summed E-state index contributed by atoms with van der Waals surface area (Å²) in [6.07, 6.45) is 6.25. The van der Waals surface area contributed by atoms with Crippen LogP contribution >= 0.6 is 0 Å². The number of hydrogen-bond donors (Lipinski definition) is 1. The maximum atomic E-state index is 6.25. The van der Waals surface area contributed by atoms with Crippen LogP contribution in [0.5, 0.6) is 0 Å². The van der Waals surface area contributed by atoms with Crippen molar-refractivity contribution in [2.45, 2.75) is 52.0 Å². The molecule has 0 aromatic carbocycles. The van der Waals surface area contributed by atoms with E-state index >= 15 is 0 Å². The molecule has 1 unspecified atom stereocenters. The van der Waals surface area contributed by atoms with E-state index < -0.39 is 0 Å². The molecule has 1 aliphatic rings. The average molecular weight is 252 g/mol. The fourth-order valence-corrected chi connectivity index (χ4v) is 2.69. The molecule has 0 amide bonds. The van der Waals surface area contributed by atoms with E-state index in [1.54, 1.807) is 0 Å². The molecular weight excluding hydrogens is 228 g/mol. The van der Waals surface area contributed by atoms with Crippen molar-refractivity contribution in [1.82, 2.24) is 10.1 Å². The molecule has 1 aliphatic carbocycles.